The maximum atomic E-state index is 14.1. The summed E-state index contributed by atoms with van der Waals surface area (Å²) in [5.41, 5.74) is 1.09. The molecule has 8 nitrogen and oxygen atoms in total. The quantitative estimate of drug-likeness (QED) is 0.228. The monoisotopic (exact) mass is 566 g/mol. The average molecular weight is 567 g/mol. The van der Waals surface area contributed by atoms with Gasteiger partial charge in [-0.2, -0.15) is 12.7 Å². The van der Waals surface area contributed by atoms with Crippen LogP contribution in [0.2, 0.25) is 0 Å². The van der Waals surface area contributed by atoms with Crippen LogP contribution in [0.1, 0.15) is 23.8 Å². The molecule has 3 heterocycles. The van der Waals surface area contributed by atoms with Gasteiger partial charge in [0, 0.05) is 36.0 Å². The standard InChI is InChI=1S/C24H24F2N4O4S3/c25-19-9-4-8-17(22(19)26)15-35-24-27-20(29-37(31,32)30-10-5-11-30)12-21(28-24)36-18-13-33-23(34-14-18)16-6-2-1-3-7-16/h1-4,6-9,12,18,23H,5,10-11,13-15H2,(H,27,28,29). The van der Waals surface area contributed by atoms with Crippen molar-refractivity contribution in [3.8, 4) is 0 Å². The van der Waals surface area contributed by atoms with Gasteiger partial charge in [0.15, 0.2) is 23.1 Å². The van der Waals surface area contributed by atoms with E-state index >= 15 is 0 Å². The molecule has 0 amide bonds. The summed E-state index contributed by atoms with van der Waals surface area (Å²) in [5, 5.41) is 0.650. The van der Waals surface area contributed by atoms with Gasteiger partial charge in [-0.3, -0.25) is 4.72 Å². The highest BCUT2D eigenvalue weighted by molar-refractivity contribution is 8.00. The van der Waals surface area contributed by atoms with Crippen LogP contribution in [0, 0.1) is 11.6 Å². The zero-order chi connectivity index (χ0) is 25.8. The topological polar surface area (TPSA) is 93.7 Å². The van der Waals surface area contributed by atoms with Crippen LogP contribution < -0.4 is 4.72 Å². The normalized spacial score (nSPS) is 20.4. The minimum atomic E-state index is -3.74. The van der Waals surface area contributed by atoms with Crippen molar-refractivity contribution in [2.24, 2.45) is 0 Å². The Morgan fingerprint density at radius 2 is 1.78 bits per heavy atom. The lowest BCUT2D eigenvalue weighted by Gasteiger charge is -2.30. The Kier molecular flexibility index (Phi) is 8.27. The SMILES string of the molecule is O=S(=O)(Nc1cc(SC2COC(c3ccccc3)OC2)nc(SCc2cccc(F)c2F)n1)N1CCC1. The van der Waals surface area contributed by atoms with E-state index in [2.05, 4.69) is 14.7 Å². The van der Waals surface area contributed by atoms with E-state index < -0.39 is 28.1 Å². The van der Waals surface area contributed by atoms with Crippen molar-refractivity contribution >= 4 is 39.6 Å². The van der Waals surface area contributed by atoms with E-state index in [9.17, 15) is 17.2 Å². The molecule has 0 bridgehead atoms. The molecule has 0 aliphatic carbocycles. The van der Waals surface area contributed by atoms with Crippen LogP contribution >= 0.6 is 23.5 Å². The first-order valence-electron chi connectivity index (χ1n) is 11.5. The lowest BCUT2D eigenvalue weighted by Crippen LogP contribution is -2.45. The van der Waals surface area contributed by atoms with Gasteiger partial charge in [-0.1, -0.05) is 66.0 Å². The van der Waals surface area contributed by atoms with Crippen LogP contribution in [0.25, 0.3) is 0 Å². The van der Waals surface area contributed by atoms with E-state index in [1.165, 1.54) is 28.2 Å². The summed E-state index contributed by atoms with van der Waals surface area (Å²) in [6.07, 6.45) is 0.354. The average Bonchev–Trinajstić information content (AvgIpc) is 2.84. The van der Waals surface area contributed by atoms with Gasteiger partial charge < -0.3 is 9.47 Å². The van der Waals surface area contributed by atoms with E-state index in [1.54, 1.807) is 6.07 Å². The van der Waals surface area contributed by atoms with Gasteiger partial charge in [-0.05, 0) is 12.5 Å². The highest BCUT2D eigenvalue weighted by atomic mass is 32.2. The number of anilines is 1. The Bertz CT molecular complexity index is 1340. The Hall–Kier alpha value is -2.29. The Labute approximate surface area is 222 Å². The Morgan fingerprint density at radius 3 is 2.49 bits per heavy atom. The summed E-state index contributed by atoms with van der Waals surface area (Å²) >= 11 is 2.46. The van der Waals surface area contributed by atoms with Gasteiger partial charge in [0.25, 0.3) is 0 Å². The molecule has 2 saturated heterocycles. The lowest BCUT2D eigenvalue weighted by molar-refractivity contribution is -0.179. The van der Waals surface area contributed by atoms with E-state index in [0.717, 1.165) is 29.8 Å². The number of rotatable bonds is 9. The molecule has 0 spiro atoms. The fraction of sp³-hybridized carbons (Fsp3) is 0.333. The second-order valence-electron chi connectivity index (χ2n) is 8.38. The molecule has 2 fully saturated rings. The van der Waals surface area contributed by atoms with Gasteiger partial charge in [0.1, 0.15) is 10.8 Å². The van der Waals surface area contributed by atoms with E-state index in [4.69, 9.17) is 9.47 Å². The molecule has 0 atom stereocenters. The van der Waals surface area contributed by atoms with E-state index in [0.29, 0.717) is 31.3 Å². The highest BCUT2D eigenvalue weighted by Gasteiger charge is 2.29. The fourth-order valence-electron chi connectivity index (χ4n) is 3.63. The van der Waals surface area contributed by atoms with Gasteiger partial charge >= 0.3 is 10.2 Å². The number of aromatic nitrogens is 2. The molecule has 5 rings (SSSR count). The minimum absolute atomic E-state index is 0.0738. The van der Waals surface area contributed by atoms with Crippen LogP contribution in [-0.4, -0.2) is 54.2 Å². The molecule has 0 unspecified atom stereocenters. The van der Waals surface area contributed by atoms with Crippen LogP contribution in [0.5, 0.6) is 0 Å². The summed E-state index contributed by atoms with van der Waals surface area (Å²) in [6.45, 7) is 1.70. The first-order chi connectivity index (χ1) is 17.9. The third-order valence-corrected chi connectivity index (χ3v) is 9.15. The summed E-state index contributed by atoms with van der Waals surface area (Å²) in [7, 11) is -3.74. The molecule has 0 radical (unpaired) electrons. The third-order valence-electron chi connectivity index (χ3n) is 5.69. The smallest absolute Gasteiger partial charge is 0.302 e. The molecule has 3 aromatic rings. The maximum Gasteiger partial charge on any atom is 0.302 e. The number of thioether (sulfide) groups is 2. The number of nitrogens with zero attached hydrogens (tertiary/aromatic N) is 3. The van der Waals surface area contributed by atoms with Crippen LogP contribution in [-0.2, 0) is 25.4 Å². The number of hydrogen-bond acceptors (Lipinski definition) is 8. The number of halogens is 2. The molecule has 0 saturated carbocycles. The van der Waals surface area contributed by atoms with Crippen molar-refractivity contribution in [2.45, 2.75) is 33.9 Å². The van der Waals surface area contributed by atoms with Crippen LogP contribution in [0.15, 0.2) is 64.8 Å². The van der Waals surface area contributed by atoms with Crippen molar-refractivity contribution in [1.82, 2.24) is 14.3 Å². The Balaban J connectivity index is 1.31. The first kappa shape index (κ1) is 26.3. The van der Waals surface area contributed by atoms with Crippen molar-refractivity contribution in [1.29, 1.82) is 0 Å². The second-order valence-corrected chi connectivity index (χ2v) is 12.3. The number of ether oxygens (including phenoxy) is 2. The van der Waals surface area contributed by atoms with E-state index in [1.807, 2.05) is 30.3 Å². The lowest BCUT2D eigenvalue weighted by atomic mass is 10.2. The molecule has 1 aromatic heterocycles. The number of benzene rings is 2. The van der Waals surface area contributed by atoms with Gasteiger partial charge in [0.2, 0.25) is 0 Å². The summed E-state index contributed by atoms with van der Waals surface area (Å²) in [4.78, 5) is 8.83. The molecule has 2 aromatic carbocycles. The molecule has 13 heteroatoms. The van der Waals surface area contributed by atoms with Crippen molar-refractivity contribution in [3.05, 3.63) is 77.4 Å². The largest absolute Gasteiger partial charge is 0.347 e. The molecule has 2 aliphatic heterocycles. The van der Waals surface area contributed by atoms with Gasteiger partial charge in [0.05, 0.1) is 18.5 Å². The summed E-state index contributed by atoms with van der Waals surface area (Å²) < 4.78 is 68.6. The molecule has 1 N–H and O–H groups in total. The molecular weight excluding hydrogens is 542 g/mol. The van der Waals surface area contributed by atoms with Crippen LogP contribution in [0.3, 0.4) is 0 Å². The fourth-order valence-corrected chi connectivity index (χ4v) is 6.72. The highest BCUT2D eigenvalue weighted by Crippen LogP contribution is 2.33. The summed E-state index contributed by atoms with van der Waals surface area (Å²) in [6, 6.07) is 15.1. The van der Waals surface area contributed by atoms with Crippen molar-refractivity contribution in [3.63, 3.8) is 0 Å². The maximum absolute atomic E-state index is 14.1. The van der Waals surface area contributed by atoms with Gasteiger partial charge in [-0.15, -0.1) is 0 Å². The molecule has 2 aliphatic rings. The number of hydrogen-bond donors (Lipinski definition) is 1. The van der Waals surface area contributed by atoms with Gasteiger partial charge in [-0.25, -0.2) is 18.7 Å². The second kappa shape index (κ2) is 11.6. The Morgan fingerprint density at radius 1 is 1.03 bits per heavy atom. The van der Waals surface area contributed by atoms with Crippen LogP contribution in [0.4, 0.5) is 14.6 Å². The summed E-state index contributed by atoms with van der Waals surface area (Å²) in [5.74, 6) is -1.68. The van der Waals surface area contributed by atoms with E-state index in [-0.39, 0.29) is 27.5 Å². The number of nitrogens with one attached hydrogen (secondary N) is 1. The first-order valence-corrected chi connectivity index (χ1v) is 14.9. The predicted molar refractivity (Wildman–Crippen MR) is 137 cm³/mol. The van der Waals surface area contributed by atoms with Crippen molar-refractivity contribution < 1.29 is 26.7 Å². The van der Waals surface area contributed by atoms with Crippen molar-refractivity contribution in [2.75, 3.05) is 31.0 Å². The molecular formula is C24H24F2N4O4S3. The predicted octanol–water partition coefficient (Wildman–Crippen LogP) is 4.62. The minimum Gasteiger partial charge on any atom is -0.347 e. The molecule has 37 heavy (non-hydrogen) atoms. The zero-order valence-electron chi connectivity index (χ0n) is 19.5. The third kappa shape index (κ3) is 6.59. The zero-order valence-corrected chi connectivity index (χ0v) is 22.0. The molecule has 196 valence electrons.